The van der Waals surface area contributed by atoms with Gasteiger partial charge in [0, 0.05) is 38.3 Å². The van der Waals surface area contributed by atoms with Crippen LogP contribution in [-0.2, 0) is 6.54 Å². The Labute approximate surface area is 102 Å². The molecule has 17 heavy (non-hydrogen) atoms. The van der Waals surface area contributed by atoms with Gasteiger partial charge in [0.05, 0.1) is 0 Å². The number of hydrogen-bond acceptors (Lipinski definition) is 4. The van der Waals surface area contributed by atoms with Crippen LogP contribution in [0.5, 0.6) is 11.5 Å². The quantitative estimate of drug-likeness (QED) is 0.831. The lowest BCUT2D eigenvalue weighted by Crippen LogP contribution is -2.42. The van der Waals surface area contributed by atoms with Gasteiger partial charge >= 0.3 is 0 Å². The molecule has 92 valence electrons. The van der Waals surface area contributed by atoms with Crippen molar-refractivity contribution in [2.45, 2.75) is 13.5 Å². The highest BCUT2D eigenvalue weighted by molar-refractivity contribution is 5.52. The van der Waals surface area contributed by atoms with Gasteiger partial charge in [-0.15, -0.1) is 0 Å². The summed E-state index contributed by atoms with van der Waals surface area (Å²) >= 11 is 0. The van der Waals surface area contributed by atoms with Crippen LogP contribution < -0.4 is 14.8 Å². The van der Waals surface area contributed by atoms with E-state index in [1.165, 1.54) is 5.56 Å². The van der Waals surface area contributed by atoms with Crippen molar-refractivity contribution in [3.05, 3.63) is 23.3 Å². The van der Waals surface area contributed by atoms with E-state index in [0.717, 1.165) is 49.8 Å². The Bertz CT molecular complexity index is 414. The van der Waals surface area contributed by atoms with Gasteiger partial charge in [-0.3, -0.25) is 4.90 Å². The van der Waals surface area contributed by atoms with Crippen molar-refractivity contribution >= 4 is 0 Å². The highest BCUT2D eigenvalue weighted by Crippen LogP contribution is 2.38. The highest BCUT2D eigenvalue weighted by atomic mass is 16.7. The summed E-state index contributed by atoms with van der Waals surface area (Å²) in [6.45, 7) is 7.72. The molecule has 0 aromatic heterocycles. The van der Waals surface area contributed by atoms with Crippen molar-refractivity contribution in [2.24, 2.45) is 0 Å². The Morgan fingerprint density at radius 2 is 1.94 bits per heavy atom. The second-order valence-electron chi connectivity index (χ2n) is 4.63. The Hall–Kier alpha value is -1.26. The van der Waals surface area contributed by atoms with Gasteiger partial charge in [-0.2, -0.15) is 0 Å². The van der Waals surface area contributed by atoms with E-state index in [1.807, 2.05) is 0 Å². The van der Waals surface area contributed by atoms with Crippen LogP contribution in [0.2, 0.25) is 0 Å². The molecule has 0 radical (unpaired) electrons. The third-order valence-corrected chi connectivity index (χ3v) is 3.40. The Balaban J connectivity index is 1.81. The number of rotatable bonds is 2. The number of piperazine rings is 1. The topological polar surface area (TPSA) is 33.7 Å². The SMILES string of the molecule is Cc1ccc(CN2CCNCC2)c2c1OCO2. The summed E-state index contributed by atoms with van der Waals surface area (Å²) in [5.74, 6) is 1.88. The van der Waals surface area contributed by atoms with Crippen LogP contribution in [0.1, 0.15) is 11.1 Å². The van der Waals surface area contributed by atoms with Gasteiger partial charge in [0.2, 0.25) is 6.79 Å². The van der Waals surface area contributed by atoms with Crippen molar-refractivity contribution in [3.63, 3.8) is 0 Å². The van der Waals surface area contributed by atoms with E-state index < -0.39 is 0 Å². The van der Waals surface area contributed by atoms with Crippen molar-refractivity contribution in [2.75, 3.05) is 33.0 Å². The van der Waals surface area contributed by atoms with E-state index in [0.29, 0.717) is 6.79 Å². The number of nitrogens with one attached hydrogen (secondary N) is 1. The second kappa shape index (κ2) is 4.55. The van der Waals surface area contributed by atoms with Gasteiger partial charge < -0.3 is 14.8 Å². The summed E-state index contributed by atoms with van der Waals surface area (Å²) in [6, 6.07) is 4.27. The van der Waals surface area contributed by atoms with Crippen LogP contribution in [-0.4, -0.2) is 37.9 Å². The Kier molecular flexibility index (Phi) is 2.91. The number of benzene rings is 1. The minimum Gasteiger partial charge on any atom is -0.453 e. The van der Waals surface area contributed by atoms with E-state index >= 15 is 0 Å². The summed E-state index contributed by atoms with van der Waals surface area (Å²) < 4.78 is 11.1. The molecule has 3 rings (SSSR count). The lowest BCUT2D eigenvalue weighted by Gasteiger charge is -2.27. The molecule has 0 bridgehead atoms. The van der Waals surface area contributed by atoms with Crippen LogP contribution in [0.15, 0.2) is 12.1 Å². The fourth-order valence-corrected chi connectivity index (χ4v) is 2.42. The summed E-state index contributed by atoms with van der Waals surface area (Å²) in [6.07, 6.45) is 0. The fraction of sp³-hybridized carbons (Fsp3) is 0.538. The molecule has 0 unspecified atom stereocenters. The monoisotopic (exact) mass is 234 g/mol. The first-order valence-corrected chi connectivity index (χ1v) is 6.16. The van der Waals surface area contributed by atoms with E-state index in [9.17, 15) is 0 Å². The third kappa shape index (κ3) is 2.10. The highest BCUT2D eigenvalue weighted by Gasteiger charge is 2.21. The zero-order valence-corrected chi connectivity index (χ0v) is 10.2. The lowest BCUT2D eigenvalue weighted by atomic mass is 10.1. The number of hydrogen-bond donors (Lipinski definition) is 1. The second-order valence-corrected chi connectivity index (χ2v) is 4.63. The van der Waals surface area contributed by atoms with Crippen molar-refractivity contribution in [1.29, 1.82) is 0 Å². The van der Waals surface area contributed by atoms with Gasteiger partial charge in [0.25, 0.3) is 0 Å². The van der Waals surface area contributed by atoms with E-state index in [-0.39, 0.29) is 0 Å². The van der Waals surface area contributed by atoms with Crippen molar-refractivity contribution in [1.82, 2.24) is 10.2 Å². The van der Waals surface area contributed by atoms with Crippen LogP contribution in [0.3, 0.4) is 0 Å². The molecule has 0 aliphatic carbocycles. The molecule has 1 fully saturated rings. The molecule has 1 N–H and O–H groups in total. The first kappa shape index (κ1) is 10.9. The van der Waals surface area contributed by atoms with Gasteiger partial charge in [-0.25, -0.2) is 0 Å². The lowest BCUT2D eigenvalue weighted by molar-refractivity contribution is 0.170. The van der Waals surface area contributed by atoms with Crippen molar-refractivity contribution < 1.29 is 9.47 Å². The van der Waals surface area contributed by atoms with Crippen LogP contribution in [0.4, 0.5) is 0 Å². The maximum Gasteiger partial charge on any atom is 0.231 e. The average Bonchev–Trinajstić information content (AvgIpc) is 2.84. The van der Waals surface area contributed by atoms with E-state index in [2.05, 4.69) is 29.3 Å². The predicted molar refractivity (Wildman–Crippen MR) is 65.4 cm³/mol. The summed E-state index contributed by atoms with van der Waals surface area (Å²) in [4.78, 5) is 2.45. The number of fused-ring (bicyclic) bond motifs is 1. The molecule has 0 amide bonds. The molecule has 2 aliphatic rings. The van der Waals surface area contributed by atoms with Gasteiger partial charge in [0.15, 0.2) is 11.5 Å². The first-order chi connectivity index (χ1) is 8.34. The van der Waals surface area contributed by atoms with Gasteiger partial charge in [-0.05, 0) is 12.5 Å². The molecule has 0 atom stereocenters. The Morgan fingerprint density at radius 1 is 1.18 bits per heavy atom. The van der Waals surface area contributed by atoms with Crippen LogP contribution in [0, 0.1) is 6.92 Å². The molecule has 4 heteroatoms. The minimum atomic E-state index is 0.356. The molecule has 1 saturated heterocycles. The van der Waals surface area contributed by atoms with Crippen molar-refractivity contribution in [3.8, 4) is 11.5 Å². The molecular weight excluding hydrogens is 216 g/mol. The first-order valence-electron chi connectivity index (χ1n) is 6.16. The molecule has 2 aliphatic heterocycles. The predicted octanol–water partition coefficient (Wildman–Crippen LogP) is 1.13. The molecule has 0 saturated carbocycles. The average molecular weight is 234 g/mol. The zero-order valence-electron chi connectivity index (χ0n) is 10.2. The maximum absolute atomic E-state index is 5.59. The normalized spacial score (nSPS) is 19.6. The zero-order chi connectivity index (χ0) is 11.7. The maximum atomic E-state index is 5.59. The minimum absolute atomic E-state index is 0.356. The Morgan fingerprint density at radius 3 is 2.76 bits per heavy atom. The van der Waals surface area contributed by atoms with Gasteiger partial charge in [0.1, 0.15) is 0 Å². The molecule has 4 nitrogen and oxygen atoms in total. The molecule has 2 heterocycles. The number of aryl methyl sites for hydroxylation is 1. The van der Waals surface area contributed by atoms with Crippen LogP contribution in [0.25, 0.3) is 0 Å². The number of nitrogens with zero attached hydrogens (tertiary/aromatic N) is 1. The summed E-state index contributed by atoms with van der Waals surface area (Å²) in [7, 11) is 0. The fourth-order valence-electron chi connectivity index (χ4n) is 2.42. The van der Waals surface area contributed by atoms with E-state index in [1.54, 1.807) is 0 Å². The van der Waals surface area contributed by atoms with Gasteiger partial charge in [-0.1, -0.05) is 12.1 Å². The smallest absolute Gasteiger partial charge is 0.231 e. The third-order valence-electron chi connectivity index (χ3n) is 3.40. The molecule has 0 spiro atoms. The molecule has 1 aromatic rings. The summed E-state index contributed by atoms with van der Waals surface area (Å²) in [5.41, 5.74) is 2.39. The van der Waals surface area contributed by atoms with Crippen LogP contribution >= 0.6 is 0 Å². The molecular formula is C13H18N2O2. The number of ether oxygens (including phenoxy) is 2. The standard InChI is InChI=1S/C13H18N2O2/c1-10-2-3-11(13-12(10)16-9-17-13)8-15-6-4-14-5-7-15/h2-3,14H,4-9H2,1H3. The summed E-state index contributed by atoms with van der Waals surface area (Å²) in [5, 5.41) is 3.36. The largest absolute Gasteiger partial charge is 0.453 e. The molecule has 1 aromatic carbocycles. The van der Waals surface area contributed by atoms with E-state index in [4.69, 9.17) is 9.47 Å².